The highest BCUT2D eigenvalue weighted by molar-refractivity contribution is 7.16. The lowest BCUT2D eigenvalue weighted by atomic mass is 10.2. The third-order valence-corrected chi connectivity index (χ3v) is 6.22. The molecule has 2 saturated heterocycles. The maximum Gasteiger partial charge on any atom is 0.189 e. The number of hydrogen-bond acceptors (Lipinski definition) is 10. The molecule has 0 amide bonds. The van der Waals surface area contributed by atoms with Crippen LogP contribution in [0.3, 0.4) is 0 Å². The van der Waals surface area contributed by atoms with E-state index >= 15 is 0 Å². The molecule has 2 aliphatic rings. The molecule has 0 radical (unpaired) electrons. The summed E-state index contributed by atoms with van der Waals surface area (Å²) in [6.45, 7) is 12.0. The van der Waals surface area contributed by atoms with Gasteiger partial charge in [-0.05, 0) is 6.92 Å². The van der Waals surface area contributed by atoms with Gasteiger partial charge in [0.1, 0.15) is 28.9 Å². The van der Waals surface area contributed by atoms with Gasteiger partial charge in [0, 0.05) is 57.9 Å². The Balaban J connectivity index is 1.32. The molecule has 2 aromatic rings. The third-order valence-electron chi connectivity index (χ3n) is 5.41. The first-order chi connectivity index (χ1) is 14.2. The standard InChI is InChI=1S/C19H26N8OS/c1-15-17(24-19-21-13-16(12-20)29-19)22-14-23-18(15)27-6-4-25(5-7-27)2-3-26-8-10-28-11-9-26/h13-14H,2-11H2,1H3,(H,21,22,23,24). The monoisotopic (exact) mass is 414 g/mol. The zero-order valence-corrected chi connectivity index (χ0v) is 17.5. The van der Waals surface area contributed by atoms with Crippen molar-refractivity contribution in [2.24, 2.45) is 0 Å². The van der Waals surface area contributed by atoms with Crippen molar-refractivity contribution in [2.45, 2.75) is 6.92 Å². The first-order valence-corrected chi connectivity index (χ1v) is 10.8. The second-order valence-electron chi connectivity index (χ2n) is 7.22. The number of nitriles is 1. The molecule has 9 nitrogen and oxygen atoms in total. The summed E-state index contributed by atoms with van der Waals surface area (Å²) in [5.41, 5.74) is 1.00. The number of rotatable bonds is 6. The van der Waals surface area contributed by atoms with Crippen LogP contribution in [0.5, 0.6) is 0 Å². The summed E-state index contributed by atoms with van der Waals surface area (Å²) in [4.78, 5) is 21.0. The summed E-state index contributed by atoms with van der Waals surface area (Å²) >= 11 is 1.32. The van der Waals surface area contributed by atoms with Crippen LogP contribution in [0.15, 0.2) is 12.5 Å². The van der Waals surface area contributed by atoms with Crippen LogP contribution in [0, 0.1) is 18.3 Å². The molecule has 1 N–H and O–H groups in total. The molecule has 0 bridgehead atoms. The zero-order chi connectivity index (χ0) is 20.1. The van der Waals surface area contributed by atoms with E-state index in [-0.39, 0.29) is 0 Å². The van der Waals surface area contributed by atoms with Crippen LogP contribution in [-0.4, -0.2) is 90.3 Å². The molecule has 4 heterocycles. The average Bonchev–Trinajstić information content (AvgIpc) is 3.23. The molecule has 10 heteroatoms. The van der Waals surface area contributed by atoms with E-state index in [1.54, 1.807) is 12.5 Å². The predicted octanol–water partition coefficient (Wildman–Crippen LogP) is 1.31. The lowest BCUT2D eigenvalue weighted by Gasteiger charge is -2.37. The van der Waals surface area contributed by atoms with E-state index in [4.69, 9.17) is 10.00 Å². The number of anilines is 3. The van der Waals surface area contributed by atoms with Gasteiger partial charge in [-0.15, -0.1) is 0 Å². The summed E-state index contributed by atoms with van der Waals surface area (Å²) in [7, 11) is 0. The van der Waals surface area contributed by atoms with E-state index in [0.29, 0.717) is 10.0 Å². The highest BCUT2D eigenvalue weighted by atomic mass is 32.1. The Morgan fingerprint density at radius 2 is 1.79 bits per heavy atom. The molecule has 2 fully saturated rings. The summed E-state index contributed by atoms with van der Waals surface area (Å²) in [6, 6.07) is 2.11. The van der Waals surface area contributed by atoms with Crippen LogP contribution in [0.25, 0.3) is 0 Å². The average molecular weight is 415 g/mol. The van der Waals surface area contributed by atoms with Gasteiger partial charge < -0.3 is 15.0 Å². The van der Waals surface area contributed by atoms with E-state index in [1.165, 1.54) is 11.3 Å². The van der Waals surface area contributed by atoms with E-state index in [1.807, 2.05) is 6.92 Å². The van der Waals surface area contributed by atoms with E-state index in [0.717, 1.165) is 82.8 Å². The lowest BCUT2D eigenvalue weighted by molar-refractivity contribution is 0.0331. The third kappa shape index (κ3) is 5.00. The van der Waals surface area contributed by atoms with Gasteiger partial charge in [0.2, 0.25) is 0 Å². The summed E-state index contributed by atoms with van der Waals surface area (Å²) in [6.07, 6.45) is 3.16. The summed E-state index contributed by atoms with van der Waals surface area (Å²) < 4.78 is 5.42. The Morgan fingerprint density at radius 1 is 1.07 bits per heavy atom. The molecule has 0 aromatic carbocycles. The van der Waals surface area contributed by atoms with E-state index < -0.39 is 0 Å². The fourth-order valence-electron chi connectivity index (χ4n) is 3.66. The van der Waals surface area contributed by atoms with Gasteiger partial charge in [-0.3, -0.25) is 9.80 Å². The number of aromatic nitrogens is 3. The Morgan fingerprint density at radius 3 is 2.48 bits per heavy atom. The van der Waals surface area contributed by atoms with Crippen molar-refractivity contribution in [1.29, 1.82) is 5.26 Å². The van der Waals surface area contributed by atoms with E-state index in [9.17, 15) is 0 Å². The molecule has 2 aromatic heterocycles. The molecule has 0 aliphatic carbocycles. The van der Waals surface area contributed by atoms with Crippen LogP contribution in [0.1, 0.15) is 10.4 Å². The van der Waals surface area contributed by atoms with Crippen molar-refractivity contribution in [2.75, 3.05) is 75.8 Å². The minimum Gasteiger partial charge on any atom is -0.379 e. The number of thiazole rings is 1. The molecule has 154 valence electrons. The largest absolute Gasteiger partial charge is 0.379 e. The van der Waals surface area contributed by atoms with Gasteiger partial charge in [-0.2, -0.15) is 5.26 Å². The first-order valence-electron chi connectivity index (χ1n) is 9.95. The minimum atomic E-state index is 0.577. The van der Waals surface area contributed by atoms with Crippen molar-refractivity contribution in [3.63, 3.8) is 0 Å². The van der Waals surface area contributed by atoms with Crippen molar-refractivity contribution < 1.29 is 4.74 Å². The SMILES string of the molecule is Cc1c(Nc2ncc(C#N)s2)ncnc1N1CCN(CCN2CCOCC2)CC1. The van der Waals surface area contributed by atoms with Crippen molar-refractivity contribution in [1.82, 2.24) is 24.8 Å². The van der Waals surface area contributed by atoms with Crippen LogP contribution < -0.4 is 10.2 Å². The van der Waals surface area contributed by atoms with Gasteiger partial charge in [0.15, 0.2) is 5.13 Å². The molecule has 2 aliphatic heterocycles. The number of ether oxygens (including phenoxy) is 1. The minimum absolute atomic E-state index is 0.577. The lowest BCUT2D eigenvalue weighted by Crippen LogP contribution is -2.49. The quantitative estimate of drug-likeness (QED) is 0.751. The van der Waals surface area contributed by atoms with Crippen molar-refractivity contribution >= 4 is 28.1 Å². The Bertz CT molecular complexity index is 852. The van der Waals surface area contributed by atoms with Crippen LogP contribution >= 0.6 is 11.3 Å². The summed E-state index contributed by atoms with van der Waals surface area (Å²) in [5, 5.41) is 12.9. The highest BCUT2D eigenvalue weighted by Crippen LogP contribution is 2.27. The van der Waals surface area contributed by atoms with Crippen LogP contribution in [0.2, 0.25) is 0 Å². The van der Waals surface area contributed by atoms with Gasteiger partial charge in [0.25, 0.3) is 0 Å². The van der Waals surface area contributed by atoms with Crippen LogP contribution in [0.4, 0.5) is 16.8 Å². The second kappa shape index (κ2) is 9.45. The number of morpholine rings is 1. The molecule has 0 spiro atoms. The highest BCUT2D eigenvalue weighted by Gasteiger charge is 2.21. The zero-order valence-electron chi connectivity index (χ0n) is 16.7. The molecular weight excluding hydrogens is 388 g/mol. The maximum absolute atomic E-state index is 8.97. The summed E-state index contributed by atoms with van der Waals surface area (Å²) in [5.74, 6) is 1.70. The normalized spacial score (nSPS) is 18.6. The van der Waals surface area contributed by atoms with Gasteiger partial charge in [-0.25, -0.2) is 15.0 Å². The molecule has 4 rings (SSSR count). The maximum atomic E-state index is 8.97. The fraction of sp³-hybridized carbons (Fsp3) is 0.579. The Hall–Kier alpha value is -2.32. The molecule has 0 saturated carbocycles. The van der Waals surface area contributed by atoms with E-state index in [2.05, 4.69) is 41.0 Å². The Kier molecular flexibility index (Phi) is 6.51. The van der Waals surface area contributed by atoms with Crippen molar-refractivity contribution in [3.05, 3.63) is 23.0 Å². The molecule has 29 heavy (non-hydrogen) atoms. The van der Waals surface area contributed by atoms with Gasteiger partial charge in [0.05, 0.1) is 19.4 Å². The number of piperazine rings is 1. The van der Waals surface area contributed by atoms with Crippen LogP contribution in [-0.2, 0) is 4.74 Å². The molecule has 0 unspecified atom stereocenters. The molecule has 0 atom stereocenters. The van der Waals surface area contributed by atoms with Gasteiger partial charge in [-0.1, -0.05) is 11.3 Å². The number of hydrogen-bond donors (Lipinski definition) is 1. The number of nitrogens with zero attached hydrogens (tertiary/aromatic N) is 7. The first kappa shape index (κ1) is 20.0. The fourth-order valence-corrected chi connectivity index (χ4v) is 4.27. The molecular formula is C19H26N8OS. The van der Waals surface area contributed by atoms with Gasteiger partial charge >= 0.3 is 0 Å². The Labute approximate surface area is 174 Å². The predicted molar refractivity (Wildman–Crippen MR) is 113 cm³/mol. The second-order valence-corrected chi connectivity index (χ2v) is 8.25. The topological polar surface area (TPSA) is 93.4 Å². The number of nitrogens with one attached hydrogen (secondary N) is 1. The van der Waals surface area contributed by atoms with Crippen molar-refractivity contribution in [3.8, 4) is 6.07 Å². The smallest absolute Gasteiger partial charge is 0.189 e.